The first-order valence-electron chi connectivity index (χ1n) is 9.89. The zero-order chi connectivity index (χ0) is 20.6. The number of hydrogen-bond donors (Lipinski definition) is 1. The van der Waals surface area contributed by atoms with Crippen LogP contribution in [0.2, 0.25) is 5.15 Å². The fourth-order valence-corrected chi connectivity index (χ4v) is 4.44. The van der Waals surface area contributed by atoms with Gasteiger partial charge in [0.2, 0.25) is 0 Å². The van der Waals surface area contributed by atoms with Crippen LogP contribution in [0.5, 0.6) is 0 Å². The van der Waals surface area contributed by atoms with Crippen LogP contribution in [-0.2, 0) is 33.0 Å². The molecule has 29 heavy (non-hydrogen) atoms. The van der Waals surface area contributed by atoms with Crippen molar-refractivity contribution in [2.75, 3.05) is 0 Å². The molecule has 0 bridgehead atoms. The highest BCUT2D eigenvalue weighted by molar-refractivity contribution is 6.31. The van der Waals surface area contributed by atoms with Gasteiger partial charge in [0.1, 0.15) is 23.5 Å². The fourth-order valence-electron chi connectivity index (χ4n) is 4.17. The van der Waals surface area contributed by atoms with E-state index in [1.807, 2.05) is 35.9 Å². The number of nitrogens with one attached hydrogen (secondary N) is 1. The molecule has 1 aliphatic carbocycles. The Morgan fingerprint density at radius 3 is 2.72 bits per heavy atom. The third-order valence-corrected chi connectivity index (χ3v) is 6.29. The van der Waals surface area contributed by atoms with Crippen molar-refractivity contribution in [3.05, 3.63) is 70.0 Å². The largest absolute Gasteiger partial charge is 0.347 e. The van der Waals surface area contributed by atoms with Gasteiger partial charge in [0.25, 0.3) is 5.91 Å². The number of fused-ring (bicyclic) bond motifs is 1. The monoisotopic (exact) mass is 411 g/mol. The first kappa shape index (κ1) is 19.7. The standard InChI is InChI=1S/C22H26ClN5O/c1-22(2)9-8-17-18(10-22)20(23)27(3)19(17)21(29)25-11-15-6-4-5-7-16(15)12-28-14-24-13-26-28/h4-7,13-14H,8-12H2,1-3H3,(H,25,29). The molecule has 0 radical (unpaired) electrons. The van der Waals surface area contributed by atoms with Crippen LogP contribution in [0, 0.1) is 5.41 Å². The van der Waals surface area contributed by atoms with E-state index in [-0.39, 0.29) is 11.3 Å². The van der Waals surface area contributed by atoms with Crippen LogP contribution < -0.4 is 5.32 Å². The molecule has 2 heterocycles. The summed E-state index contributed by atoms with van der Waals surface area (Å²) < 4.78 is 3.61. The smallest absolute Gasteiger partial charge is 0.268 e. The molecular formula is C22H26ClN5O. The zero-order valence-electron chi connectivity index (χ0n) is 17.1. The number of rotatable bonds is 5. The van der Waals surface area contributed by atoms with E-state index in [4.69, 9.17) is 11.6 Å². The van der Waals surface area contributed by atoms with Crippen molar-refractivity contribution in [3.8, 4) is 0 Å². The van der Waals surface area contributed by atoms with Crippen LogP contribution in [0.4, 0.5) is 0 Å². The van der Waals surface area contributed by atoms with Crippen LogP contribution in [-0.4, -0.2) is 25.2 Å². The lowest BCUT2D eigenvalue weighted by Crippen LogP contribution is -2.28. The van der Waals surface area contributed by atoms with Crippen molar-refractivity contribution in [1.82, 2.24) is 24.6 Å². The molecule has 1 N–H and O–H groups in total. The number of amides is 1. The number of benzene rings is 1. The van der Waals surface area contributed by atoms with Crippen molar-refractivity contribution in [3.63, 3.8) is 0 Å². The van der Waals surface area contributed by atoms with E-state index in [2.05, 4.69) is 29.2 Å². The van der Waals surface area contributed by atoms with Crippen molar-refractivity contribution < 1.29 is 4.79 Å². The molecule has 0 saturated carbocycles. The number of aromatic nitrogens is 4. The lowest BCUT2D eigenvalue weighted by Gasteiger charge is -2.29. The predicted octanol–water partition coefficient (Wildman–Crippen LogP) is 3.76. The van der Waals surface area contributed by atoms with Crippen molar-refractivity contribution in [2.24, 2.45) is 12.5 Å². The topological polar surface area (TPSA) is 64.7 Å². The molecule has 0 saturated heterocycles. The van der Waals surface area contributed by atoms with Gasteiger partial charge in [-0.05, 0) is 46.9 Å². The molecule has 6 nitrogen and oxygen atoms in total. The molecule has 1 aliphatic rings. The lowest BCUT2D eigenvalue weighted by molar-refractivity contribution is 0.0941. The van der Waals surface area contributed by atoms with Gasteiger partial charge in [-0.25, -0.2) is 9.67 Å². The Morgan fingerprint density at radius 1 is 1.24 bits per heavy atom. The summed E-state index contributed by atoms with van der Waals surface area (Å²) in [7, 11) is 1.88. The first-order valence-corrected chi connectivity index (χ1v) is 10.3. The Balaban J connectivity index is 1.53. The number of nitrogens with zero attached hydrogens (tertiary/aromatic N) is 4. The summed E-state index contributed by atoms with van der Waals surface area (Å²) in [5.74, 6) is -0.0779. The Bertz CT molecular complexity index is 1040. The third-order valence-electron chi connectivity index (χ3n) is 5.81. The molecule has 0 atom stereocenters. The van der Waals surface area contributed by atoms with Crippen LogP contribution >= 0.6 is 11.6 Å². The van der Waals surface area contributed by atoms with E-state index in [1.54, 1.807) is 11.0 Å². The second-order valence-corrected chi connectivity index (χ2v) is 8.90. The quantitative estimate of drug-likeness (QED) is 0.695. The van der Waals surface area contributed by atoms with Crippen molar-refractivity contribution in [2.45, 2.75) is 46.2 Å². The van der Waals surface area contributed by atoms with Gasteiger partial charge < -0.3 is 9.88 Å². The molecule has 1 amide bonds. The van der Waals surface area contributed by atoms with Gasteiger partial charge in [0.15, 0.2) is 0 Å². The minimum atomic E-state index is -0.0779. The highest BCUT2D eigenvalue weighted by Crippen LogP contribution is 2.40. The van der Waals surface area contributed by atoms with E-state index in [0.717, 1.165) is 41.5 Å². The summed E-state index contributed by atoms with van der Waals surface area (Å²) in [6.07, 6.45) is 6.06. The van der Waals surface area contributed by atoms with Gasteiger partial charge in [-0.1, -0.05) is 49.7 Å². The molecule has 0 fully saturated rings. The van der Waals surface area contributed by atoms with E-state index >= 15 is 0 Å². The van der Waals surface area contributed by atoms with Gasteiger partial charge >= 0.3 is 0 Å². The second kappa shape index (κ2) is 7.67. The van der Waals surface area contributed by atoms with Crippen molar-refractivity contribution >= 4 is 17.5 Å². The summed E-state index contributed by atoms with van der Waals surface area (Å²) >= 11 is 6.59. The maximum atomic E-state index is 13.1. The summed E-state index contributed by atoms with van der Waals surface area (Å²) in [6, 6.07) is 8.05. The van der Waals surface area contributed by atoms with Gasteiger partial charge in [0.05, 0.1) is 6.54 Å². The molecule has 0 unspecified atom stereocenters. The summed E-state index contributed by atoms with van der Waals surface area (Å²) in [5.41, 5.74) is 5.30. The number of carbonyl (C=O) groups is 1. The van der Waals surface area contributed by atoms with Crippen molar-refractivity contribution in [1.29, 1.82) is 0 Å². The molecule has 4 rings (SSSR count). The Hall–Kier alpha value is -2.60. The van der Waals surface area contributed by atoms with E-state index < -0.39 is 0 Å². The summed E-state index contributed by atoms with van der Waals surface area (Å²) in [4.78, 5) is 17.1. The summed E-state index contributed by atoms with van der Waals surface area (Å²) in [6.45, 7) is 5.58. The third kappa shape index (κ3) is 3.94. The van der Waals surface area contributed by atoms with Gasteiger partial charge in [-0.3, -0.25) is 4.79 Å². The lowest BCUT2D eigenvalue weighted by atomic mass is 9.75. The minimum absolute atomic E-state index is 0.0779. The van der Waals surface area contributed by atoms with E-state index in [9.17, 15) is 4.79 Å². The fraction of sp³-hybridized carbons (Fsp3) is 0.409. The predicted molar refractivity (Wildman–Crippen MR) is 113 cm³/mol. The number of halogens is 1. The van der Waals surface area contributed by atoms with E-state index in [1.165, 1.54) is 6.33 Å². The van der Waals surface area contributed by atoms with Crippen LogP contribution in [0.25, 0.3) is 0 Å². The molecular weight excluding hydrogens is 386 g/mol. The molecule has 2 aromatic heterocycles. The zero-order valence-corrected chi connectivity index (χ0v) is 17.8. The normalized spacial score (nSPS) is 15.2. The van der Waals surface area contributed by atoms with Crippen LogP contribution in [0.1, 0.15) is 53.0 Å². The molecule has 7 heteroatoms. The Kier molecular flexibility index (Phi) is 5.21. The van der Waals surface area contributed by atoms with E-state index in [0.29, 0.717) is 23.9 Å². The Morgan fingerprint density at radius 2 is 2.00 bits per heavy atom. The van der Waals surface area contributed by atoms with Crippen LogP contribution in [0.3, 0.4) is 0 Å². The minimum Gasteiger partial charge on any atom is -0.347 e. The molecule has 1 aromatic carbocycles. The van der Waals surface area contributed by atoms with Gasteiger partial charge in [-0.2, -0.15) is 5.10 Å². The average Bonchev–Trinajstić information content (AvgIpc) is 3.28. The maximum absolute atomic E-state index is 13.1. The maximum Gasteiger partial charge on any atom is 0.268 e. The highest BCUT2D eigenvalue weighted by Gasteiger charge is 2.33. The van der Waals surface area contributed by atoms with Crippen LogP contribution in [0.15, 0.2) is 36.9 Å². The molecule has 3 aromatic rings. The molecule has 0 spiro atoms. The summed E-state index contributed by atoms with van der Waals surface area (Å²) in [5, 5.41) is 7.95. The van der Waals surface area contributed by atoms with Gasteiger partial charge in [-0.15, -0.1) is 0 Å². The average molecular weight is 412 g/mol. The SMILES string of the molecule is Cn1c(Cl)c2c(c1C(=O)NCc1ccccc1Cn1cncn1)CCC(C)(C)C2. The Labute approximate surface area is 175 Å². The van der Waals surface area contributed by atoms with Gasteiger partial charge in [0, 0.05) is 13.6 Å². The number of carbonyl (C=O) groups excluding carboxylic acids is 1. The highest BCUT2D eigenvalue weighted by atomic mass is 35.5. The second-order valence-electron chi connectivity index (χ2n) is 8.54. The first-order chi connectivity index (χ1) is 13.9. The number of hydrogen-bond acceptors (Lipinski definition) is 3. The molecule has 152 valence electrons. The molecule has 0 aliphatic heterocycles.